The van der Waals surface area contributed by atoms with E-state index >= 15 is 0 Å². The van der Waals surface area contributed by atoms with Crippen LogP contribution in [0.3, 0.4) is 0 Å². The van der Waals surface area contributed by atoms with Crippen molar-refractivity contribution in [3.63, 3.8) is 0 Å². The van der Waals surface area contributed by atoms with Gasteiger partial charge in [-0.1, -0.05) is 12.1 Å². The highest BCUT2D eigenvalue weighted by atomic mass is 16.5. The van der Waals surface area contributed by atoms with Gasteiger partial charge in [0.15, 0.2) is 0 Å². The first-order valence-corrected chi connectivity index (χ1v) is 5.39. The van der Waals surface area contributed by atoms with Gasteiger partial charge in [-0.15, -0.1) is 0 Å². The Labute approximate surface area is 105 Å². The van der Waals surface area contributed by atoms with Crippen molar-refractivity contribution in [3.8, 4) is 16.9 Å². The topological polar surface area (TPSA) is 72.5 Å². The van der Waals surface area contributed by atoms with Gasteiger partial charge in [-0.3, -0.25) is 0 Å². The first-order chi connectivity index (χ1) is 8.61. The third kappa shape index (κ3) is 2.27. The SMILES string of the molecule is COc1cc(C(=O)O)ccc1-c1cccc(N)c1. The van der Waals surface area contributed by atoms with Crippen molar-refractivity contribution in [2.75, 3.05) is 12.8 Å². The molecule has 0 heterocycles. The average Bonchev–Trinajstić information content (AvgIpc) is 2.37. The Kier molecular flexibility index (Phi) is 3.19. The molecule has 0 amide bonds. The van der Waals surface area contributed by atoms with Crippen LogP contribution in [0.1, 0.15) is 10.4 Å². The molecule has 0 atom stereocenters. The van der Waals surface area contributed by atoms with E-state index in [1.54, 1.807) is 18.2 Å². The Morgan fingerprint density at radius 1 is 1.22 bits per heavy atom. The van der Waals surface area contributed by atoms with E-state index in [-0.39, 0.29) is 5.56 Å². The van der Waals surface area contributed by atoms with E-state index in [1.807, 2.05) is 18.2 Å². The molecule has 0 radical (unpaired) electrons. The van der Waals surface area contributed by atoms with Gasteiger partial charge >= 0.3 is 5.97 Å². The molecule has 0 aliphatic rings. The number of hydrogen-bond acceptors (Lipinski definition) is 3. The number of hydrogen-bond donors (Lipinski definition) is 2. The van der Waals surface area contributed by atoms with Crippen LogP contribution in [-0.4, -0.2) is 18.2 Å². The van der Waals surface area contributed by atoms with Gasteiger partial charge in [-0.05, 0) is 35.9 Å². The number of carboxylic acid groups (broad SMARTS) is 1. The third-order valence-corrected chi connectivity index (χ3v) is 2.65. The molecule has 2 aromatic carbocycles. The number of rotatable bonds is 3. The summed E-state index contributed by atoms with van der Waals surface area (Å²) in [5.41, 5.74) is 8.28. The predicted octanol–water partition coefficient (Wildman–Crippen LogP) is 2.64. The maximum absolute atomic E-state index is 10.9. The van der Waals surface area contributed by atoms with E-state index < -0.39 is 5.97 Å². The van der Waals surface area contributed by atoms with Crippen LogP contribution in [0.25, 0.3) is 11.1 Å². The molecule has 92 valence electrons. The van der Waals surface area contributed by atoms with Crippen LogP contribution in [-0.2, 0) is 0 Å². The molecule has 0 bridgehead atoms. The van der Waals surface area contributed by atoms with Gasteiger partial charge in [-0.2, -0.15) is 0 Å². The molecule has 18 heavy (non-hydrogen) atoms. The summed E-state index contributed by atoms with van der Waals surface area (Å²) in [6.45, 7) is 0. The molecule has 0 saturated heterocycles. The predicted molar refractivity (Wildman–Crippen MR) is 69.8 cm³/mol. The van der Waals surface area contributed by atoms with Crippen LogP contribution in [0.5, 0.6) is 5.75 Å². The molecule has 0 fully saturated rings. The van der Waals surface area contributed by atoms with Gasteiger partial charge in [-0.25, -0.2) is 4.79 Å². The molecule has 4 heteroatoms. The normalized spacial score (nSPS) is 10.1. The van der Waals surface area contributed by atoms with Crippen LogP contribution in [0.4, 0.5) is 5.69 Å². The monoisotopic (exact) mass is 243 g/mol. The van der Waals surface area contributed by atoms with Gasteiger partial charge in [0.25, 0.3) is 0 Å². The van der Waals surface area contributed by atoms with Crippen LogP contribution < -0.4 is 10.5 Å². The lowest BCUT2D eigenvalue weighted by molar-refractivity contribution is 0.0696. The summed E-state index contributed by atoms with van der Waals surface area (Å²) in [7, 11) is 1.51. The fraction of sp³-hybridized carbons (Fsp3) is 0.0714. The van der Waals surface area contributed by atoms with Crippen molar-refractivity contribution in [2.45, 2.75) is 0 Å². The Bertz CT molecular complexity index is 593. The lowest BCUT2D eigenvalue weighted by Crippen LogP contribution is -1.98. The van der Waals surface area contributed by atoms with E-state index in [0.717, 1.165) is 11.1 Å². The second-order valence-electron chi connectivity index (χ2n) is 3.85. The molecule has 0 spiro atoms. The van der Waals surface area contributed by atoms with Crippen LogP contribution in [0.15, 0.2) is 42.5 Å². The number of anilines is 1. The van der Waals surface area contributed by atoms with Crippen LogP contribution in [0, 0.1) is 0 Å². The summed E-state index contributed by atoms with van der Waals surface area (Å²) in [6.07, 6.45) is 0. The number of carboxylic acids is 1. The quantitative estimate of drug-likeness (QED) is 0.813. The van der Waals surface area contributed by atoms with Gasteiger partial charge in [0.1, 0.15) is 5.75 Å². The smallest absolute Gasteiger partial charge is 0.335 e. The third-order valence-electron chi connectivity index (χ3n) is 2.65. The zero-order chi connectivity index (χ0) is 13.1. The van der Waals surface area contributed by atoms with Crippen molar-refractivity contribution in [1.82, 2.24) is 0 Å². The highest BCUT2D eigenvalue weighted by Gasteiger charge is 2.10. The standard InChI is InChI=1S/C14H13NO3/c1-18-13-8-10(14(16)17)5-6-12(13)9-3-2-4-11(15)7-9/h2-8H,15H2,1H3,(H,16,17). The molecule has 3 N–H and O–H groups in total. The highest BCUT2D eigenvalue weighted by Crippen LogP contribution is 2.31. The fourth-order valence-corrected chi connectivity index (χ4v) is 1.77. The number of ether oxygens (including phenoxy) is 1. The summed E-state index contributed by atoms with van der Waals surface area (Å²) in [6, 6.07) is 12.1. The number of carbonyl (C=O) groups is 1. The minimum atomic E-state index is -0.979. The van der Waals surface area contributed by atoms with Crippen LogP contribution in [0.2, 0.25) is 0 Å². The minimum Gasteiger partial charge on any atom is -0.496 e. The molecule has 0 aliphatic carbocycles. The highest BCUT2D eigenvalue weighted by molar-refractivity contribution is 5.89. The summed E-state index contributed by atoms with van der Waals surface area (Å²) < 4.78 is 5.23. The largest absolute Gasteiger partial charge is 0.496 e. The molecule has 2 aromatic rings. The van der Waals surface area contributed by atoms with Crippen LogP contribution >= 0.6 is 0 Å². The molecule has 4 nitrogen and oxygen atoms in total. The molecule has 0 unspecified atom stereocenters. The van der Waals surface area contributed by atoms with Crippen molar-refractivity contribution in [2.24, 2.45) is 0 Å². The van der Waals surface area contributed by atoms with Crippen molar-refractivity contribution < 1.29 is 14.6 Å². The fourth-order valence-electron chi connectivity index (χ4n) is 1.77. The Morgan fingerprint density at radius 3 is 2.61 bits per heavy atom. The number of aromatic carboxylic acids is 1. The second kappa shape index (κ2) is 4.79. The lowest BCUT2D eigenvalue weighted by Gasteiger charge is -2.10. The zero-order valence-corrected chi connectivity index (χ0v) is 9.88. The molecular weight excluding hydrogens is 230 g/mol. The summed E-state index contributed by atoms with van der Waals surface area (Å²) in [4.78, 5) is 10.9. The van der Waals surface area contributed by atoms with Crippen molar-refractivity contribution in [1.29, 1.82) is 0 Å². The van der Waals surface area contributed by atoms with E-state index in [2.05, 4.69) is 0 Å². The maximum Gasteiger partial charge on any atom is 0.335 e. The van der Waals surface area contributed by atoms with Gasteiger partial charge in [0.05, 0.1) is 12.7 Å². The summed E-state index contributed by atoms with van der Waals surface area (Å²) in [5, 5.41) is 8.93. The Balaban J connectivity index is 2.54. The molecule has 0 aliphatic heterocycles. The van der Waals surface area contributed by atoms with E-state index in [9.17, 15) is 4.79 Å². The molecular formula is C14H13NO3. The minimum absolute atomic E-state index is 0.194. The van der Waals surface area contributed by atoms with E-state index in [0.29, 0.717) is 11.4 Å². The number of methoxy groups -OCH3 is 1. The van der Waals surface area contributed by atoms with Gasteiger partial charge in [0, 0.05) is 11.3 Å². The zero-order valence-electron chi connectivity index (χ0n) is 9.88. The Hall–Kier alpha value is -2.49. The van der Waals surface area contributed by atoms with Gasteiger partial charge < -0.3 is 15.6 Å². The average molecular weight is 243 g/mol. The second-order valence-corrected chi connectivity index (χ2v) is 3.85. The van der Waals surface area contributed by atoms with Crippen molar-refractivity contribution in [3.05, 3.63) is 48.0 Å². The first kappa shape index (κ1) is 12.0. The van der Waals surface area contributed by atoms with Crippen molar-refractivity contribution >= 4 is 11.7 Å². The summed E-state index contributed by atoms with van der Waals surface area (Å²) >= 11 is 0. The molecule has 0 saturated carbocycles. The molecule has 2 rings (SSSR count). The first-order valence-electron chi connectivity index (χ1n) is 5.39. The van der Waals surface area contributed by atoms with E-state index in [1.165, 1.54) is 13.2 Å². The number of benzene rings is 2. The summed E-state index contributed by atoms with van der Waals surface area (Å²) in [5.74, 6) is -0.465. The Morgan fingerprint density at radius 2 is 2.00 bits per heavy atom. The van der Waals surface area contributed by atoms with E-state index in [4.69, 9.17) is 15.6 Å². The number of nitrogen functional groups attached to an aromatic ring is 1. The lowest BCUT2D eigenvalue weighted by atomic mass is 10.0. The molecule has 0 aromatic heterocycles. The number of nitrogens with two attached hydrogens (primary N) is 1. The maximum atomic E-state index is 10.9. The van der Waals surface area contributed by atoms with Gasteiger partial charge in [0.2, 0.25) is 0 Å².